The number of nitrogens with zero attached hydrogens (tertiary/aromatic N) is 6. The molecule has 25 heteroatoms. The van der Waals surface area contributed by atoms with E-state index in [0.717, 1.165) is 12.1 Å². The molecule has 0 spiro atoms. The summed E-state index contributed by atoms with van der Waals surface area (Å²) >= 11 is 12.1. The third-order valence-electron chi connectivity index (χ3n) is 12.5. The van der Waals surface area contributed by atoms with Crippen molar-refractivity contribution >= 4 is 66.8 Å². The molecule has 3 N–H and O–H groups in total. The molecule has 0 saturated carbocycles. The summed E-state index contributed by atoms with van der Waals surface area (Å²) < 4.78 is 69.7. The Morgan fingerprint density at radius 3 is 1.88 bits per heavy atom. The topological polar surface area (TPSA) is 219 Å². The van der Waals surface area contributed by atoms with E-state index in [0.29, 0.717) is 74.0 Å². The van der Waals surface area contributed by atoms with Gasteiger partial charge in [0.1, 0.15) is 63.4 Å². The molecule has 0 saturated heterocycles. The molecule has 20 nitrogen and oxygen atoms in total. The minimum Gasteiger partial charge on any atom is -0.508 e. The molecule has 0 unspecified atom stereocenters. The van der Waals surface area contributed by atoms with E-state index < -0.39 is 36.8 Å². The summed E-state index contributed by atoms with van der Waals surface area (Å²) in [5.41, 5.74) is 0.682. The van der Waals surface area contributed by atoms with Crippen LogP contribution in [0.25, 0.3) is 0 Å². The molecular formula is C56H70Cl2F2N8O12Si. The summed E-state index contributed by atoms with van der Waals surface area (Å²) in [5, 5.41) is 23.0. The third kappa shape index (κ3) is 18.4. The molecule has 0 radical (unpaired) electrons. The monoisotopic (exact) mass is 1180 g/mol. The number of nitrogens with one attached hydrogen (secondary N) is 2. The first-order valence-corrected chi connectivity index (χ1v) is 29.1. The molecule has 3 heterocycles. The zero-order valence-electron chi connectivity index (χ0n) is 47.6. The van der Waals surface area contributed by atoms with Gasteiger partial charge in [0.25, 0.3) is 23.6 Å². The van der Waals surface area contributed by atoms with Crippen molar-refractivity contribution in [2.45, 2.75) is 65.0 Å². The highest BCUT2D eigenvalue weighted by Crippen LogP contribution is 2.42. The highest BCUT2D eigenvalue weighted by Gasteiger charge is 2.37. The number of likely N-dealkylation sites (N-methyl/N-ethyl adjacent to an activating group) is 2. The molecule has 4 amide bonds. The predicted octanol–water partition coefficient (Wildman–Crippen LogP) is 10.5. The predicted molar refractivity (Wildman–Crippen MR) is 306 cm³/mol. The van der Waals surface area contributed by atoms with Crippen molar-refractivity contribution in [3.8, 4) is 34.5 Å². The number of rotatable bonds is 19. The lowest BCUT2D eigenvalue weighted by molar-refractivity contribution is 0.0763. The number of carbonyl (C=O) groups excluding carboxylic acids is 4. The molecule has 1 aliphatic heterocycles. The first-order valence-electron chi connectivity index (χ1n) is 25.4. The Hall–Kier alpha value is -7.28. The maximum atomic E-state index is 13.9. The Morgan fingerprint density at radius 1 is 0.802 bits per heavy atom. The van der Waals surface area contributed by atoms with Crippen molar-refractivity contribution in [3.63, 3.8) is 0 Å². The zero-order valence-corrected chi connectivity index (χ0v) is 50.1. The number of hydrogen-bond donors (Lipinski definition) is 3. The van der Waals surface area contributed by atoms with Gasteiger partial charge in [0.05, 0.1) is 37.5 Å². The van der Waals surface area contributed by atoms with E-state index in [-0.39, 0.29) is 68.0 Å². The van der Waals surface area contributed by atoms with Gasteiger partial charge in [-0.3, -0.25) is 28.5 Å². The van der Waals surface area contributed by atoms with Crippen LogP contribution in [-0.4, -0.2) is 146 Å². The van der Waals surface area contributed by atoms with Crippen LogP contribution >= 0.6 is 23.2 Å². The molecule has 6 aromatic rings. The summed E-state index contributed by atoms with van der Waals surface area (Å²) in [6.45, 7) is 16.5. The molecule has 7 rings (SSSR count). The minimum absolute atomic E-state index is 0.0479. The maximum absolute atomic E-state index is 13.9. The number of hydrogen-bond acceptors (Lipinski definition) is 14. The Labute approximate surface area is 481 Å². The zero-order chi connectivity index (χ0) is 59.9. The number of aromatic nitrogens is 4. The van der Waals surface area contributed by atoms with Gasteiger partial charge in [0, 0.05) is 96.7 Å². The Kier molecular flexibility index (Phi) is 23.0. The number of benzene rings is 4. The summed E-state index contributed by atoms with van der Waals surface area (Å²) in [4.78, 5) is 52.9. The molecule has 2 aromatic heterocycles. The normalized spacial score (nSPS) is 13.0. The fourth-order valence-corrected chi connectivity index (χ4v) is 8.71. The van der Waals surface area contributed by atoms with Gasteiger partial charge in [0.2, 0.25) is 0 Å². The average molecular weight is 1180 g/mol. The van der Waals surface area contributed by atoms with Crippen LogP contribution in [0.5, 0.6) is 34.5 Å². The number of fused-ring (bicyclic) bond motifs is 1. The van der Waals surface area contributed by atoms with Crippen LogP contribution in [0.1, 0.15) is 76.1 Å². The fraction of sp³-hybridized carbons (Fsp3) is 0.393. The van der Waals surface area contributed by atoms with Gasteiger partial charge < -0.3 is 58.4 Å². The van der Waals surface area contributed by atoms with Crippen molar-refractivity contribution in [1.29, 1.82) is 0 Å². The van der Waals surface area contributed by atoms with Gasteiger partial charge in [-0.25, -0.2) is 8.78 Å². The van der Waals surface area contributed by atoms with Gasteiger partial charge in [-0.15, -0.1) is 0 Å². The molecular weight excluding hydrogens is 1110 g/mol. The highest BCUT2D eigenvalue weighted by atomic mass is 35.5. The minimum atomic E-state index is -1.90. The molecule has 0 aliphatic carbocycles. The van der Waals surface area contributed by atoms with Gasteiger partial charge >= 0.3 is 0 Å². The second-order valence-corrected chi connectivity index (χ2v) is 25.9. The summed E-state index contributed by atoms with van der Waals surface area (Å²) in [5.74, 6) is -0.992. The van der Waals surface area contributed by atoms with Crippen LogP contribution in [0.2, 0.25) is 28.2 Å². The SMILES string of the molecule is CN(CCO[Si](C)(C)C(C)(C)C)C(=O)c1ccc(F)c(Cl)c1F.COC[C@H](C)Oc1cc(O)cc(C(=O)Nc2ccn(C)n2)c1.COC[C@H](C)Oc1cc(Oc2ccc3c(c2Cl)OCCN(C)C3=O)cc(C(=O)Nc2ccn(C)n2)c1. The summed E-state index contributed by atoms with van der Waals surface area (Å²) in [6, 6.07) is 17.8. The van der Waals surface area contributed by atoms with Crippen molar-refractivity contribution < 1.29 is 65.9 Å². The summed E-state index contributed by atoms with van der Waals surface area (Å²) in [7, 11) is 8.03. The van der Waals surface area contributed by atoms with Gasteiger partial charge in [-0.05, 0) is 80.5 Å². The average Bonchev–Trinajstić information content (AvgIpc) is 4.00. The van der Waals surface area contributed by atoms with Gasteiger partial charge in [0.15, 0.2) is 31.5 Å². The molecule has 81 heavy (non-hydrogen) atoms. The van der Waals surface area contributed by atoms with E-state index in [9.17, 15) is 33.1 Å². The van der Waals surface area contributed by atoms with E-state index in [2.05, 4.69) is 54.7 Å². The molecule has 4 aromatic carbocycles. The number of phenols is 1. The number of ether oxygens (including phenoxy) is 6. The standard InChI is InChI=1S/C25H27ClN4O6.C16H24ClF2NO2Si.C15H19N3O4/c1-15(14-33-4)35-17-11-16(24(31)27-21-7-8-30(3)28-21)12-18(13-17)36-20-6-5-19-23(22(20)26)34-10-9-29(2)25(19)32;1-16(2,3)23(5,6)22-10-9-20(4)15(21)11-7-8-12(18)13(17)14(11)19;1-10(9-21-3)22-13-7-11(6-12(19)8-13)15(20)16-14-4-5-18(2)17-14/h5-8,11-13,15H,9-10,14H2,1-4H3,(H,27,28,31);7-8H,9-10H2,1-6H3;4-8,10,19H,9H2,1-3H3,(H,16,17,20)/t15-;;10-/m0.0/s1. The van der Waals surface area contributed by atoms with Crippen LogP contribution in [-0.2, 0) is 28.0 Å². The Morgan fingerprint density at radius 2 is 1.35 bits per heavy atom. The van der Waals surface area contributed by atoms with Crippen molar-refractivity contribution in [2.24, 2.45) is 14.1 Å². The van der Waals surface area contributed by atoms with Gasteiger partial charge in [-0.1, -0.05) is 44.0 Å². The Balaban J connectivity index is 0.000000234. The molecule has 1 aliphatic rings. The molecule has 0 bridgehead atoms. The third-order valence-corrected chi connectivity index (χ3v) is 17.8. The van der Waals surface area contributed by atoms with Crippen LogP contribution in [0.15, 0.2) is 85.2 Å². The van der Waals surface area contributed by atoms with Crippen molar-refractivity contribution in [3.05, 3.63) is 129 Å². The van der Waals surface area contributed by atoms with E-state index in [1.807, 2.05) is 13.8 Å². The van der Waals surface area contributed by atoms with E-state index in [1.54, 1.807) is 118 Å². The molecule has 0 fully saturated rings. The second-order valence-electron chi connectivity index (χ2n) is 20.3. The molecule has 438 valence electrons. The second kappa shape index (κ2) is 28.9. The largest absolute Gasteiger partial charge is 0.508 e. The quantitative estimate of drug-likeness (QED) is 0.0508. The lowest BCUT2D eigenvalue weighted by Gasteiger charge is -2.36. The van der Waals surface area contributed by atoms with Crippen LogP contribution in [0, 0.1) is 11.6 Å². The number of aromatic hydroxyl groups is 1. The smallest absolute Gasteiger partial charge is 0.257 e. The lowest BCUT2D eigenvalue weighted by atomic mass is 10.1. The lowest BCUT2D eigenvalue weighted by Crippen LogP contribution is -2.43. The van der Waals surface area contributed by atoms with Crippen molar-refractivity contribution in [1.82, 2.24) is 29.4 Å². The molecule has 2 atom stereocenters. The number of aryl methyl sites for hydroxylation is 2. The number of methoxy groups -OCH3 is 2. The maximum Gasteiger partial charge on any atom is 0.257 e. The first kappa shape index (κ1) is 64.5. The fourth-order valence-electron chi connectivity index (χ4n) is 7.25. The highest BCUT2D eigenvalue weighted by molar-refractivity contribution is 6.74. The van der Waals surface area contributed by atoms with Crippen LogP contribution < -0.4 is 29.6 Å². The van der Waals surface area contributed by atoms with E-state index in [1.165, 1.54) is 17.0 Å². The van der Waals surface area contributed by atoms with Crippen molar-refractivity contribution in [2.75, 3.05) is 78.5 Å². The number of anilines is 2. The van der Waals surface area contributed by atoms with E-state index >= 15 is 0 Å². The number of carbonyl (C=O) groups is 4. The number of phenolic OH excluding ortho intramolecular Hbond substituents is 1. The number of amides is 4. The number of halogens is 4. The van der Waals surface area contributed by atoms with Gasteiger partial charge in [-0.2, -0.15) is 10.2 Å². The summed E-state index contributed by atoms with van der Waals surface area (Å²) in [6.07, 6.45) is 2.98. The first-order chi connectivity index (χ1) is 38.1. The van der Waals surface area contributed by atoms with Crippen LogP contribution in [0.4, 0.5) is 20.4 Å². The Bertz CT molecular complexity index is 3160. The van der Waals surface area contributed by atoms with E-state index in [4.69, 9.17) is 56.0 Å². The van der Waals surface area contributed by atoms with Crippen LogP contribution in [0.3, 0.4) is 0 Å².